The summed E-state index contributed by atoms with van der Waals surface area (Å²) in [7, 11) is -2.95. The van der Waals surface area contributed by atoms with Crippen molar-refractivity contribution in [2.75, 3.05) is 18.6 Å². The fourth-order valence-corrected chi connectivity index (χ4v) is 3.30. The third-order valence-electron chi connectivity index (χ3n) is 2.38. The van der Waals surface area contributed by atoms with Crippen molar-refractivity contribution in [3.05, 3.63) is 21.9 Å². The van der Waals surface area contributed by atoms with Gasteiger partial charge in [-0.1, -0.05) is 6.92 Å². The molecule has 0 saturated heterocycles. The van der Waals surface area contributed by atoms with Gasteiger partial charge in [0.25, 0.3) is 0 Å². The Morgan fingerprint density at radius 3 is 2.62 bits per heavy atom. The molecule has 1 unspecified atom stereocenters. The van der Waals surface area contributed by atoms with Gasteiger partial charge in [-0.3, -0.25) is 0 Å². The lowest BCUT2D eigenvalue weighted by Gasteiger charge is -2.17. The van der Waals surface area contributed by atoms with Crippen LogP contribution in [-0.2, 0) is 9.84 Å². The van der Waals surface area contributed by atoms with E-state index in [1.807, 2.05) is 18.4 Å². The second-order valence-electron chi connectivity index (χ2n) is 4.03. The average Bonchev–Trinajstić information content (AvgIpc) is 2.57. The van der Waals surface area contributed by atoms with E-state index in [1.54, 1.807) is 11.3 Å². The highest BCUT2D eigenvalue weighted by atomic mass is 32.2. The van der Waals surface area contributed by atoms with Gasteiger partial charge in [0.2, 0.25) is 0 Å². The lowest BCUT2D eigenvalue weighted by molar-refractivity contribution is 0.549. The largest absolute Gasteiger partial charge is 0.309 e. The van der Waals surface area contributed by atoms with Gasteiger partial charge in [-0.25, -0.2) is 8.42 Å². The molecular formula is C11H19NO2S2. The third-order valence-corrected chi connectivity index (χ3v) is 4.18. The Bertz CT molecular complexity index is 423. The van der Waals surface area contributed by atoms with Crippen LogP contribution in [0.1, 0.15) is 29.8 Å². The van der Waals surface area contributed by atoms with E-state index in [1.165, 1.54) is 11.1 Å². The molecule has 0 radical (unpaired) electrons. The summed E-state index contributed by atoms with van der Waals surface area (Å²) < 4.78 is 22.7. The van der Waals surface area contributed by atoms with Crippen molar-refractivity contribution in [3.63, 3.8) is 0 Å². The zero-order valence-corrected chi connectivity index (χ0v) is 11.6. The first-order valence-electron chi connectivity index (χ1n) is 5.39. The van der Waals surface area contributed by atoms with Crippen LogP contribution in [0.3, 0.4) is 0 Å². The lowest BCUT2D eigenvalue weighted by Crippen LogP contribution is -2.28. The molecular weight excluding hydrogens is 242 g/mol. The molecule has 1 aromatic heterocycles. The molecule has 1 atom stereocenters. The topological polar surface area (TPSA) is 46.2 Å². The zero-order valence-electron chi connectivity index (χ0n) is 9.99. The van der Waals surface area contributed by atoms with E-state index in [4.69, 9.17) is 0 Å². The highest BCUT2D eigenvalue weighted by Gasteiger charge is 2.18. The molecule has 16 heavy (non-hydrogen) atoms. The van der Waals surface area contributed by atoms with E-state index in [9.17, 15) is 8.42 Å². The molecule has 0 aliphatic heterocycles. The number of thiophene rings is 1. The summed E-state index contributed by atoms with van der Waals surface area (Å²) in [6, 6.07) is 1.94. The van der Waals surface area contributed by atoms with Crippen LogP contribution >= 0.6 is 11.3 Å². The number of rotatable bonds is 6. The van der Waals surface area contributed by atoms with Crippen molar-refractivity contribution in [3.8, 4) is 0 Å². The van der Waals surface area contributed by atoms with Crippen LogP contribution in [-0.4, -0.2) is 27.0 Å². The molecule has 0 amide bonds. The maximum atomic E-state index is 11.4. The normalized spacial score (nSPS) is 13.9. The molecule has 3 nitrogen and oxygen atoms in total. The first-order valence-corrected chi connectivity index (χ1v) is 8.33. The molecule has 0 bridgehead atoms. The maximum Gasteiger partial charge on any atom is 0.149 e. The van der Waals surface area contributed by atoms with Gasteiger partial charge in [0.15, 0.2) is 0 Å². The van der Waals surface area contributed by atoms with Crippen LogP contribution in [0.5, 0.6) is 0 Å². The minimum atomic E-state index is -2.95. The standard InChI is InChI=1S/C11H19NO2S2/c1-4-6-12-11(8-16(3,13)14)10-5-7-15-9(10)2/h5,7,11-12H,4,6,8H2,1-3H3. The Kier molecular flexibility index (Phi) is 4.95. The Morgan fingerprint density at radius 2 is 2.19 bits per heavy atom. The van der Waals surface area contributed by atoms with Crippen LogP contribution in [0.15, 0.2) is 11.4 Å². The maximum absolute atomic E-state index is 11.4. The number of hydrogen-bond donors (Lipinski definition) is 1. The predicted molar refractivity (Wildman–Crippen MR) is 69.8 cm³/mol. The summed E-state index contributed by atoms with van der Waals surface area (Å²) in [5.74, 6) is 0.171. The van der Waals surface area contributed by atoms with Crippen LogP contribution < -0.4 is 5.32 Å². The molecule has 1 rings (SSSR count). The molecule has 92 valence electrons. The van der Waals surface area contributed by atoms with Crippen molar-refractivity contribution >= 4 is 21.2 Å². The van der Waals surface area contributed by atoms with Gasteiger partial charge in [-0.15, -0.1) is 11.3 Å². The molecule has 1 N–H and O–H groups in total. The summed E-state index contributed by atoms with van der Waals surface area (Å²) in [6.07, 6.45) is 2.29. The molecule has 0 aromatic carbocycles. The van der Waals surface area contributed by atoms with Gasteiger partial charge in [-0.2, -0.15) is 0 Å². The van der Waals surface area contributed by atoms with Gasteiger partial charge >= 0.3 is 0 Å². The smallest absolute Gasteiger partial charge is 0.149 e. The fraction of sp³-hybridized carbons (Fsp3) is 0.636. The third kappa shape index (κ3) is 4.23. The van der Waals surface area contributed by atoms with E-state index in [0.717, 1.165) is 18.5 Å². The van der Waals surface area contributed by atoms with Crippen molar-refractivity contribution in [2.45, 2.75) is 26.3 Å². The van der Waals surface area contributed by atoms with E-state index >= 15 is 0 Å². The van der Waals surface area contributed by atoms with Crippen molar-refractivity contribution < 1.29 is 8.42 Å². The average molecular weight is 261 g/mol. The number of sulfone groups is 1. The first-order chi connectivity index (χ1) is 7.44. The van der Waals surface area contributed by atoms with Crippen molar-refractivity contribution in [1.29, 1.82) is 0 Å². The van der Waals surface area contributed by atoms with Crippen LogP contribution in [0.25, 0.3) is 0 Å². The first kappa shape index (κ1) is 13.7. The number of aryl methyl sites for hydroxylation is 1. The van der Waals surface area contributed by atoms with Gasteiger partial charge in [0.1, 0.15) is 9.84 Å². The molecule has 1 aromatic rings. The predicted octanol–water partition coefficient (Wildman–Crippen LogP) is 2.14. The Morgan fingerprint density at radius 1 is 1.50 bits per heavy atom. The summed E-state index contributed by atoms with van der Waals surface area (Å²) in [4.78, 5) is 1.19. The minimum Gasteiger partial charge on any atom is -0.309 e. The molecule has 5 heteroatoms. The molecule has 0 saturated carbocycles. The van der Waals surface area contributed by atoms with Crippen LogP contribution in [0, 0.1) is 6.92 Å². The Balaban J connectivity index is 2.83. The van der Waals surface area contributed by atoms with Crippen molar-refractivity contribution in [1.82, 2.24) is 5.32 Å². The van der Waals surface area contributed by atoms with Gasteiger partial charge in [0.05, 0.1) is 5.75 Å². The Labute approximate surface area is 102 Å². The second kappa shape index (κ2) is 5.80. The van der Waals surface area contributed by atoms with Gasteiger partial charge in [0, 0.05) is 17.2 Å². The summed E-state index contributed by atoms with van der Waals surface area (Å²) in [6.45, 7) is 4.95. The second-order valence-corrected chi connectivity index (χ2v) is 7.34. The van der Waals surface area contributed by atoms with Crippen LogP contribution in [0.4, 0.5) is 0 Å². The fourth-order valence-electron chi connectivity index (χ4n) is 1.64. The monoisotopic (exact) mass is 261 g/mol. The number of hydrogen-bond acceptors (Lipinski definition) is 4. The molecule has 0 fully saturated rings. The molecule has 0 aliphatic rings. The van der Waals surface area contributed by atoms with Gasteiger partial charge in [-0.05, 0) is 36.9 Å². The Hall–Kier alpha value is -0.390. The summed E-state index contributed by atoms with van der Waals surface area (Å²) >= 11 is 1.66. The molecule has 0 spiro atoms. The summed E-state index contributed by atoms with van der Waals surface area (Å²) in [5, 5.41) is 5.30. The molecule has 1 heterocycles. The highest BCUT2D eigenvalue weighted by Crippen LogP contribution is 2.23. The zero-order chi connectivity index (χ0) is 12.2. The molecule has 0 aliphatic carbocycles. The minimum absolute atomic E-state index is 0.0683. The van der Waals surface area contributed by atoms with E-state index < -0.39 is 9.84 Å². The summed E-state index contributed by atoms with van der Waals surface area (Å²) in [5.41, 5.74) is 1.11. The lowest BCUT2D eigenvalue weighted by atomic mass is 10.1. The van der Waals surface area contributed by atoms with E-state index in [2.05, 4.69) is 12.2 Å². The van der Waals surface area contributed by atoms with Crippen LogP contribution in [0.2, 0.25) is 0 Å². The SMILES string of the molecule is CCCNC(CS(C)(=O)=O)c1ccsc1C. The quantitative estimate of drug-likeness (QED) is 0.853. The van der Waals surface area contributed by atoms with E-state index in [-0.39, 0.29) is 11.8 Å². The van der Waals surface area contributed by atoms with Crippen molar-refractivity contribution in [2.24, 2.45) is 0 Å². The van der Waals surface area contributed by atoms with E-state index in [0.29, 0.717) is 0 Å². The number of nitrogens with one attached hydrogen (secondary N) is 1. The highest BCUT2D eigenvalue weighted by molar-refractivity contribution is 7.90. The van der Waals surface area contributed by atoms with Gasteiger partial charge < -0.3 is 5.32 Å².